The van der Waals surface area contributed by atoms with Crippen LogP contribution < -0.4 is 14.4 Å². The zero-order valence-electron chi connectivity index (χ0n) is 21.8. The van der Waals surface area contributed by atoms with Crippen LogP contribution in [0.1, 0.15) is 24.1 Å². The number of Topliss-reactive ketones (excluding diaryl/α,β-unsaturated/α-hetero) is 1. The van der Waals surface area contributed by atoms with Crippen LogP contribution in [0.3, 0.4) is 0 Å². The van der Waals surface area contributed by atoms with Crippen molar-refractivity contribution in [1.29, 1.82) is 0 Å². The number of hydrogen-bond donors (Lipinski definition) is 1. The van der Waals surface area contributed by atoms with Gasteiger partial charge < -0.3 is 14.6 Å². The van der Waals surface area contributed by atoms with Gasteiger partial charge in [-0.05, 0) is 79.2 Å². The first-order chi connectivity index (χ1) is 19.9. The molecule has 5 aromatic rings. The first-order valence-corrected chi connectivity index (χ1v) is 13.7. The molecule has 4 aromatic carbocycles. The third-order valence-corrected chi connectivity index (χ3v) is 7.60. The number of halogens is 1. The van der Waals surface area contributed by atoms with E-state index in [1.165, 1.54) is 23.1 Å². The zero-order valence-corrected chi connectivity index (χ0v) is 22.6. The molecule has 2 heterocycles. The average molecular weight is 567 g/mol. The summed E-state index contributed by atoms with van der Waals surface area (Å²) in [6.07, 6.45) is 0. The van der Waals surface area contributed by atoms with Crippen molar-refractivity contribution in [2.75, 3.05) is 11.5 Å². The molecule has 1 aliphatic heterocycles. The lowest BCUT2D eigenvalue weighted by molar-refractivity contribution is -0.132. The number of nitrogens with zero attached hydrogens (tertiary/aromatic N) is 2. The van der Waals surface area contributed by atoms with E-state index in [-0.39, 0.29) is 16.5 Å². The molecule has 0 spiro atoms. The van der Waals surface area contributed by atoms with Crippen LogP contribution >= 0.6 is 11.3 Å². The fraction of sp³-hybridized carbons (Fsp3) is 0.0938. The SMILES string of the molecule is CCOc1ccc(C(O)=C2C(=O)C(=O)N(c3nc4ccc(F)cc4s3)C2c2cccc(Oc3ccccc3)c2)cc1. The van der Waals surface area contributed by atoms with Gasteiger partial charge >= 0.3 is 5.91 Å². The third-order valence-electron chi connectivity index (χ3n) is 6.58. The molecule has 0 saturated carbocycles. The first-order valence-electron chi connectivity index (χ1n) is 12.9. The molecule has 1 saturated heterocycles. The Morgan fingerprint density at radius 1 is 0.927 bits per heavy atom. The Labute approximate surface area is 238 Å². The van der Waals surface area contributed by atoms with Gasteiger partial charge in [0.2, 0.25) is 0 Å². The molecular formula is C32H23FN2O5S. The van der Waals surface area contributed by atoms with Crippen molar-refractivity contribution in [2.24, 2.45) is 0 Å². The predicted molar refractivity (Wildman–Crippen MR) is 155 cm³/mol. The number of rotatable bonds is 7. The predicted octanol–water partition coefficient (Wildman–Crippen LogP) is 7.25. The minimum absolute atomic E-state index is 0.0959. The van der Waals surface area contributed by atoms with Crippen LogP contribution in [0.25, 0.3) is 16.0 Å². The number of ketones is 1. The molecule has 1 atom stereocenters. The fourth-order valence-electron chi connectivity index (χ4n) is 4.74. The summed E-state index contributed by atoms with van der Waals surface area (Å²) < 4.78 is 26.0. The smallest absolute Gasteiger partial charge is 0.301 e. The van der Waals surface area contributed by atoms with E-state index in [1.54, 1.807) is 48.5 Å². The minimum Gasteiger partial charge on any atom is -0.507 e. The maximum atomic E-state index is 13.9. The van der Waals surface area contributed by atoms with Gasteiger partial charge in [0.15, 0.2) is 5.13 Å². The summed E-state index contributed by atoms with van der Waals surface area (Å²) in [5, 5.41) is 11.7. The fourth-order valence-corrected chi connectivity index (χ4v) is 5.76. The largest absolute Gasteiger partial charge is 0.507 e. The van der Waals surface area contributed by atoms with Crippen LogP contribution in [0.15, 0.2) is 103 Å². The van der Waals surface area contributed by atoms with E-state index in [0.29, 0.717) is 45.2 Å². The van der Waals surface area contributed by atoms with Gasteiger partial charge in [0, 0.05) is 5.56 Å². The van der Waals surface area contributed by atoms with E-state index in [0.717, 1.165) is 11.3 Å². The number of carbonyl (C=O) groups excluding carboxylic acids is 2. The summed E-state index contributed by atoms with van der Waals surface area (Å²) in [7, 11) is 0. The average Bonchev–Trinajstić information content (AvgIpc) is 3.51. The molecule has 9 heteroatoms. The number of para-hydroxylation sites is 1. The molecule has 1 aromatic heterocycles. The van der Waals surface area contributed by atoms with Crippen molar-refractivity contribution >= 4 is 44.1 Å². The van der Waals surface area contributed by atoms with E-state index in [2.05, 4.69) is 4.98 Å². The third kappa shape index (κ3) is 5.03. The number of thiazole rings is 1. The summed E-state index contributed by atoms with van der Waals surface area (Å²) in [6, 6.07) is 25.9. The quantitative estimate of drug-likeness (QED) is 0.127. The van der Waals surface area contributed by atoms with Crippen molar-refractivity contribution in [3.8, 4) is 17.2 Å². The highest BCUT2D eigenvalue weighted by Crippen LogP contribution is 2.45. The molecule has 0 aliphatic carbocycles. The molecule has 7 nitrogen and oxygen atoms in total. The maximum Gasteiger partial charge on any atom is 0.301 e. The Bertz CT molecular complexity index is 1800. The molecule has 1 N–H and O–H groups in total. The molecule has 0 radical (unpaired) electrons. The monoisotopic (exact) mass is 566 g/mol. The van der Waals surface area contributed by atoms with Crippen LogP contribution in [0.4, 0.5) is 9.52 Å². The van der Waals surface area contributed by atoms with Gasteiger partial charge in [0.05, 0.1) is 28.4 Å². The standard InChI is InChI=1S/C32H23FN2O5S/c1-2-39-22-14-11-19(12-15-22)29(36)27-28(20-7-6-10-24(17-20)40-23-8-4-3-5-9-23)35(31(38)30(27)37)32-34-25-16-13-21(33)18-26(25)41-32/h3-18,28,36H,2H2,1H3. The van der Waals surface area contributed by atoms with Crippen LogP contribution in [-0.4, -0.2) is 28.4 Å². The highest BCUT2D eigenvalue weighted by atomic mass is 32.1. The Balaban J connectivity index is 1.50. The summed E-state index contributed by atoms with van der Waals surface area (Å²) in [5.74, 6) is -0.785. The van der Waals surface area contributed by atoms with Crippen LogP contribution in [0.5, 0.6) is 17.2 Å². The Kier molecular flexibility index (Phi) is 6.94. The van der Waals surface area contributed by atoms with Crippen molar-refractivity contribution < 1.29 is 28.6 Å². The lowest BCUT2D eigenvalue weighted by atomic mass is 9.95. The number of carbonyl (C=O) groups is 2. The summed E-state index contributed by atoms with van der Waals surface area (Å²) >= 11 is 1.09. The minimum atomic E-state index is -1.02. The van der Waals surface area contributed by atoms with Crippen molar-refractivity contribution in [1.82, 2.24) is 4.98 Å². The van der Waals surface area contributed by atoms with Gasteiger partial charge in [-0.3, -0.25) is 14.5 Å². The topological polar surface area (TPSA) is 89.0 Å². The highest BCUT2D eigenvalue weighted by Gasteiger charge is 2.48. The highest BCUT2D eigenvalue weighted by molar-refractivity contribution is 7.22. The van der Waals surface area contributed by atoms with E-state index in [4.69, 9.17) is 9.47 Å². The molecule has 41 heavy (non-hydrogen) atoms. The molecule has 1 fully saturated rings. The van der Waals surface area contributed by atoms with Gasteiger partial charge in [-0.25, -0.2) is 9.37 Å². The van der Waals surface area contributed by atoms with Gasteiger partial charge in [0.1, 0.15) is 28.8 Å². The summed E-state index contributed by atoms with van der Waals surface area (Å²) in [4.78, 5) is 32.9. The van der Waals surface area contributed by atoms with Gasteiger partial charge in [0.25, 0.3) is 5.78 Å². The molecule has 204 valence electrons. The Morgan fingerprint density at radius 2 is 1.68 bits per heavy atom. The number of aliphatic hydroxyl groups excluding tert-OH is 1. The zero-order chi connectivity index (χ0) is 28.5. The summed E-state index contributed by atoms with van der Waals surface area (Å²) in [6.45, 7) is 2.34. The summed E-state index contributed by atoms with van der Waals surface area (Å²) in [5.41, 5.74) is 1.26. The number of benzene rings is 4. The Hall–Kier alpha value is -5.02. The number of anilines is 1. The number of aromatic nitrogens is 1. The van der Waals surface area contributed by atoms with Gasteiger partial charge in [-0.1, -0.05) is 41.7 Å². The van der Waals surface area contributed by atoms with Gasteiger partial charge in [-0.15, -0.1) is 0 Å². The number of amides is 1. The van der Waals surface area contributed by atoms with E-state index < -0.39 is 23.5 Å². The maximum absolute atomic E-state index is 13.9. The Morgan fingerprint density at radius 3 is 2.44 bits per heavy atom. The number of hydrogen-bond acceptors (Lipinski definition) is 7. The van der Waals surface area contributed by atoms with Crippen molar-refractivity contribution in [3.63, 3.8) is 0 Å². The molecule has 1 amide bonds. The molecular weight excluding hydrogens is 543 g/mol. The number of ether oxygens (including phenoxy) is 2. The first kappa shape index (κ1) is 26.2. The van der Waals surface area contributed by atoms with E-state index in [9.17, 15) is 19.1 Å². The van der Waals surface area contributed by atoms with Crippen molar-refractivity contribution in [2.45, 2.75) is 13.0 Å². The molecule has 6 rings (SSSR count). The second-order valence-corrected chi connectivity index (χ2v) is 10.2. The second kappa shape index (κ2) is 10.9. The molecule has 1 aliphatic rings. The lowest BCUT2D eigenvalue weighted by Gasteiger charge is -2.23. The van der Waals surface area contributed by atoms with E-state index in [1.807, 2.05) is 37.3 Å². The number of fused-ring (bicyclic) bond motifs is 1. The molecule has 1 unspecified atom stereocenters. The van der Waals surface area contributed by atoms with Crippen LogP contribution in [0, 0.1) is 5.82 Å². The lowest BCUT2D eigenvalue weighted by Crippen LogP contribution is -2.29. The van der Waals surface area contributed by atoms with Crippen LogP contribution in [0.2, 0.25) is 0 Å². The second-order valence-electron chi connectivity index (χ2n) is 9.22. The van der Waals surface area contributed by atoms with Crippen molar-refractivity contribution in [3.05, 3.63) is 120 Å². The molecule has 0 bridgehead atoms. The van der Waals surface area contributed by atoms with Gasteiger partial charge in [-0.2, -0.15) is 0 Å². The number of aliphatic hydroxyl groups is 1. The van der Waals surface area contributed by atoms with Crippen LogP contribution in [-0.2, 0) is 9.59 Å². The normalized spacial score (nSPS) is 16.3. The van der Waals surface area contributed by atoms with E-state index >= 15 is 0 Å².